The average molecular weight is 305 g/mol. The number of nitrogens with one attached hydrogen (secondary N) is 1. The second-order valence-electron chi connectivity index (χ2n) is 4.73. The van der Waals surface area contributed by atoms with Crippen LogP contribution in [0.2, 0.25) is 5.02 Å². The van der Waals surface area contributed by atoms with Gasteiger partial charge in [-0.15, -0.1) is 0 Å². The number of halogens is 1. The molecule has 0 aliphatic carbocycles. The predicted molar refractivity (Wildman–Crippen MR) is 74.7 cm³/mol. The number of rotatable bonds is 4. The maximum absolute atomic E-state index is 12.0. The third-order valence-electron chi connectivity index (χ3n) is 2.55. The molecule has 106 valence electrons. The number of carbonyl (C=O) groups is 1. The number of benzene rings is 1. The van der Waals surface area contributed by atoms with E-state index in [-0.39, 0.29) is 21.4 Å². The molecule has 0 saturated heterocycles. The Morgan fingerprint density at radius 1 is 1.42 bits per heavy atom. The summed E-state index contributed by atoms with van der Waals surface area (Å²) in [6.45, 7) is 5.94. The highest BCUT2D eigenvalue weighted by Gasteiger charge is 2.19. The molecule has 0 bridgehead atoms. The molecule has 7 heteroatoms. The standard InChI is InChI=1S/C12H17ClN2O3S/c1-7(2)6-15-12(16)10-4-9(13)5-11(8(10)3)19(14,17)18/h4-5,7H,6H2,1-3H3,(H,15,16)(H2,14,17,18). The van der Waals surface area contributed by atoms with Gasteiger partial charge in [0.1, 0.15) is 0 Å². The summed E-state index contributed by atoms with van der Waals surface area (Å²) in [5.74, 6) is -0.0697. The maximum Gasteiger partial charge on any atom is 0.251 e. The van der Waals surface area contributed by atoms with E-state index >= 15 is 0 Å². The molecule has 1 aromatic rings. The van der Waals surface area contributed by atoms with E-state index < -0.39 is 10.0 Å². The van der Waals surface area contributed by atoms with Crippen molar-refractivity contribution >= 4 is 27.5 Å². The highest BCUT2D eigenvalue weighted by Crippen LogP contribution is 2.23. The largest absolute Gasteiger partial charge is 0.352 e. The number of sulfonamides is 1. The maximum atomic E-state index is 12.0. The van der Waals surface area contributed by atoms with Crippen molar-refractivity contribution in [2.45, 2.75) is 25.7 Å². The average Bonchev–Trinajstić information content (AvgIpc) is 2.27. The number of hydrogen-bond donors (Lipinski definition) is 2. The van der Waals surface area contributed by atoms with E-state index in [0.717, 1.165) is 0 Å². The van der Waals surface area contributed by atoms with E-state index in [9.17, 15) is 13.2 Å². The molecule has 1 aromatic carbocycles. The number of carbonyl (C=O) groups excluding carboxylic acids is 1. The molecule has 0 heterocycles. The van der Waals surface area contributed by atoms with Gasteiger partial charge in [0, 0.05) is 17.1 Å². The summed E-state index contributed by atoms with van der Waals surface area (Å²) in [5.41, 5.74) is 0.519. The van der Waals surface area contributed by atoms with Crippen molar-refractivity contribution < 1.29 is 13.2 Å². The molecule has 0 spiro atoms. The van der Waals surface area contributed by atoms with Crippen molar-refractivity contribution in [3.63, 3.8) is 0 Å². The lowest BCUT2D eigenvalue weighted by molar-refractivity contribution is 0.0948. The minimum absolute atomic E-state index is 0.130. The third-order valence-corrected chi connectivity index (χ3v) is 3.80. The first-order chi connectivity index (χ1) is 8.62. The van der Waals surface area contributed by atoms with Gasteiger partial charge in [0.2, 0.25) is 10.0 Å². The lowest BCUT2D eigenvalue weighted by atomic mass is 10.1. The minimum atomic E-state index is -3.91. The smallest absolute Gasteiger partial charge is 0.251 e. The van der Waals surface area contributed by atoms with Crippen LogP contribution in [-0.4, -0.2) is 20.9 Å². The van der Waals surface area contributed by atoms with E-state index in [1.54, 1.807) is 0 Å². The lowest BCUT2D eigenvalue weighted by Gasteiger charge is -2.12. The van der Waals surface area contributed by atoms with Crippen LogP contribution in [-0.2, 0) is 10.0 Å². The van der Waals surface area contributed by atoms with Gasteiger partial charge < -0.3 is 5.32 Å². The fourth-order valence-corrected chi connectivity index (χ4v) is 2.69. The molecule has 0 saturated carbocycles. The SMILES string of the molecule is Cc1c(C(=O)NCC(C)C)cc(Cl)cc1S(N)(=O)=O. The van der Waals surface area contributed by atoms with E-state index in [2.05, 4.69) is 5.32 Å². The normalized spacial score (nSPS) is 11.7. The van der Waals surface area contributed by atoms with Gasteiger partial charge in [-0.3, -0.25) is 4.79 Å². The van der Waals surface area contributed by atoms with Crippen molar-refractivity contribution in [1.82, 2.24) is 5.32 Å². The van der Waals surface area contributed by atoms with Crippen LogP contribution >= 0.6 is 11.6 Å². The Morgan fingerprint density at radius 2 is 2.00 bits per heavy atom. The van der Waals surface area contributed by atoms with Crippen molar-refractivity contribution in [2.24, 2.45) is 11.1 Å². The Bertz CT molecular complexity index is 597. The van der Waals surface area contributed by atoms with Gasteiger partial charge in [-0.25, -0.2) is 13.6 Å². The lowest BCUT2D eigenvalue weighted by Crippen LogP contribution is -2.28. The molecular formula is C12H17ClN2O3S. The van der Waals surface area contributed by atoms with Gasteiger partial charge in [-0.05, 0) is 30.5 Å². The topological polar surface area (TPSA) is 89.3 Å². The van der Waals surface area contributed by atoms with Crippen LogP contribution in [0.25, 0.3) is 0 Å². The molecule has 1 amide bonds. The van der Waals surface area contributed by atoms with Crippen LogP contribution in [0, 0.1) is 12.8 Å². The molecule has 0 unspecified atom stereocenters. The van der Waals surface area contributed by atoms with E-state index in [1.165, 1.54) is 19.1 Å². The van der Waals surface area contributed by atoms with Crippen LogP contribution in [0.1, 0.15) is 29.8 Å². The zero-order valence-electron chi connectivity index (χ0n) is 11.0. The zero-order valence-corrected chi connectivity index (χ0v) is 12.6. The van der Waals surface area contributed by atoms with Gasteiger partial charge in [0.25, 0.3) is 5.91 Å². The Balaban J connectivity index is 3.22. The van der Waals surface area contributed by atoms with Crippen LogP contribution in [0.5, 0.6) is 0 Å². The van der Waals surface area contributed by atoms with E-state index in [4.69, 9.17) is 16.7 Å². The third kappa shape index (κ3) is 4.19. The fourth-order valence-electron chi connectivity index (χ4n) is 1.58. The predicted octanol–water partition coefficient (Wildman–Crippen LogP) is 1.68. The first-order valence-corrected chi connectivity index (χ1v) is 7.66. The quantitative estimate of drug-likeness (QED) is 0.887. The monoisotopic (exact) mass is 304 g/mol. The molecule has 0 aliphatic rings. The Morgan fingerprint density at radius 3 is 2.47 bits per heavy atom. The van der Waals surface area contributed by atoms with Crippen molar-refractivity contribution in [3.8, 4) is 0 Å². The van der Waals surface area contributed by atoms with Crippen LogP contribution in [0.4, 0.5) is 0 Å². The van der Waals surface area contributed by atoms with E-state index in [0.29, 0.717) is 18.0 Å². The van der Waals surface area contributed by atoms with Crippen LogP contribution in [0.15, 0.2) is 17.0 Å². The number of hydrogen-bond acceptors (Lipinski definition) is 3. The Hall–Kier alpha value is -1.11. The molecule has 0 aromatic heterocycles. The summed E-state index contributed by atoms with van der Waals surface area (Å²) in [6.07, 6.45) is 0. The van der Waals surface area contributed by atoms with Gasteiger partial charge in [-0.2, -0.15) is 0 Å². The molecule has 3 N–H and O–H groups in total. The second kappa shape index (κ2) is 5.90. The molecule has 0 fully saturated rings. The summed E-state index contributed by atoms with van der Waals surface area (Å²) < 4.78 is 22.9. The summed E-state index contributed by atoms with van der Waals surface area (Å²) in [4.78, 5) is 11.9. The molecule has 0 aliphatic heterocycles. The van der Waals surface area contributed by atoms with E-state index in [1.807, 2.05) is 13.8 Å². The summed E-state index contributed by atoms with van der Waals surface area (Å²) >= 11 is 5.83. The Labute approximate surface area is 118 Å². The second-order valence-corrected chi connectivity index (χ2v) is 6.69. The zero-order chi connectivity index (χ0) is 14.8. The summed E-state index contributed by atoms with van der Waals surface area (Å²) in [7, 11) is -3.91. The van der Waals surface area contributed by atoms with Gasteiger partial charge in [0.15, 0.2) is 0 Å². The molecule has 1 rings (SSSR count). The first kappa shape index (κ1) is 15.9. The van der Waals surface area contributed by atoms with Gasteiger partial charge in [0.05, 0.1) is 4.90 Å². The fraction of sp³-hybridized carbons (Fsp3) is 0.417. The molecule has 0 atom stereocenters. The molecule has 19 heavy (non-hydrogen) atoms. The van der Waals surface area contributed by atoms with Crippen LogP contribution in [0.3, 0.4) is 0 Å². The van der Waals surface area contributed by atoms with Crippen molar-refractivity contribution in [2.75, 3.05) is 6.54 Å². The molecule has 5 nitrogen and oxygen atoms in total. The Kier molecular flexibility index (Phi) is 4.95. The summed E-state index contributed by atoms with van der Waals surface area (Å²) in [6, 6.07) is 2.67. The highest BCUT2D eigenvalue weighted by molar-refractivity contribution is 7.89. The number of nitrogens with two attached hydrogens (primary N) is 1. The van der Waals surface area contributed by atoms with Crippen molar-refractivity contribution in [3.05, 3.63) is 28.3 Å². The van der Waals surface area contributed by atoms with Gasteiger partial charge >= 0.3 is 0 Å². The minimum Gasteiger partial charge on any atom is -0.352 e. The van der Waals surface area contributed by atoms with Crippen LogP contribution < -0.4 is 10.5 Å². The molecule has 0 radical (unpaired) electrons. The highest BCUT2D eigenvalue weighted by atomic mass is 35.5. The summed E-state index contributed by atoms with van der Waals surface area (Å²) in [5, 5.41) is 7.97. The first-order valence-electron chi connectivity index (χ1n) is 5.74. The number of amides is 1. The van der Waals surface area contributed by atoms with Crippen molar-refractivity contribution in [1.29, 1.82) is 0 Å². The molecular weight excluding hydrogens is 288 g/mol. The van der Waals surface area contributed by atoms with Gasteiger partial charge in [-0.1, -0.05) is 25.4 Å². The number of primary sulfonamides is 1.